The van der Waals surface area contributed by atoms with Crippen molar-refractivity contribution in [1.29, 1.82) is 0 Å². The number of hydrogen-bond donors (Lipinski definition) is 1. The lowest BCUT2D eigenvalue weighted by Crippen LogP contribution is -2.12. The summed E-state index contributed by atoms with van der Waals surface area (Å²) in [6, 6.07) is 0. The van der Waals surface area contributed by atoms with Crippen LogP contribution >= 0.6 is 0 Å². The van der Waals surface area contributed by atoms with E-state index in [1.54, 1.807) is 11.8 Å². The van der Waals surface area contributed by atoms with E-state index in [0.29, 0.717) is 0 Å². The predicted molar refractivity (Wildman–Crippen MR) is 63.8 cm³/mol. The molecule has 0 saturated heterocycles. The molecule has 1 N–H and O–H groups in total. The second-order valence-corrected chi connectivity index (χ2v) is 3.87. The third-order valence-electron chi connectivity index (χ3n) is 3.00. The molecule has 0 aromatic heterocycles. The Morgan fingerprint density at radius 1 is 1.47 bits per heavy atom. The molecule has 78 valence electrons. The molecule has 0 atom stereocenters. The fraction of sp³-hybridized carbons (Fsp3) is 0.385. The third kappa shape index (κ3) is 1.95. The van der Waals surface area contributed by atoms with Crippen LogP contribution in [0.25, 0.3) is 0 Å². The molecular weight excluding hydrogens is 184 g/mol. The van der Waals surface area contributed by atoms with Crippen molar-refractivity contribution in [3.05, 3.63) is 40.8 Å². The van der Waals surface area contributed by atoms with Crippen molar-refractivity contribution in [2.24, 2.45) is 4.99 Å². The summed E-state index contributed by atoms with van der Waals surface area (Å²) in [7, 11) is 1.94. The Bertz CT molecular complexity index is 410. The maximum atomic E-state index is 4.12. The largest absolute Gasteiger partial charge is 0.387 e. The minimum Gasteiger partial charge on any atom is -0.387 e. The molecule has 1 saturated carbocycles. The molecule has 2 nitrogen and oxygen atoms in total. The van der Waals surface area contributed by atoms with Gasteiger partial charge in [0.2, 0.25) is 0 Å². The number of aliphatic imine (C=N–C) groups is 1. The summed E-state index contributed by atoms with van der Waals surface area (Å²) in [4.78, 5) is 4.12. The van der Waals surface area contributed by atoms with Gasteiger partial charge in [0.1, 0.15) is 0 Å². The smallest absolute Gasteiger partial charge is 0.0620 e. The zero-order chi connectivity index (χ0) is 10.7. The summed E-state index contributed by atoms with van der Waals surface area (Å²) in [5, 5.41) is 3.19. The highest BCUT2D eigenvalue weighted by Gasteiger charge is 2.16. The van der Waals surface area contributed by atoms with Crippen molar-refractivity contribution in [2.45, 2.75) is 26.2 Å². The second kappa shape index (κ2) is 4.33. The van der Waals surface area contributed by atoms with Crippen LogP contribution in [0.5, 0.6) is 0 Å². The van der Waals surface area contributed by atoms with Crippen molar-refractivity contribution in [1.82, 2.24) is 5.32 Å². The third-order valence-corrected chi connectivity index (χ3v) is 3.00. The molecule has 0 unspecified atom stereocenters. The lowest BCUT2D eigenvalue weighted by atomic mass is 9.85. The highest BCUT2D eigenvalue weighted by molar-refractivity contribution is 5.73. The molecule has 1 aliphatic heterocycles. The first-order valence-electron chi connectivity index (χ1n) is 5.39. The Morgan fingerprint density at radius 3 is 2.87 bits per heavy atom. The number of hydrogen-bond acceptors (Lipinski definition) is 2. The molecule has 2 heteroatoms. The highest BCUT2D eigenvalue weighted by Crippen LogP contribution is 2.32. The molecule has 2 aliphatic rings. The monoisotopic (exact) mass is 200 g/mol. The van der Waals surface area contributed by atoms with Gasteiger partial charge in [-0.05, 0) is 49.8 Å². The van der Waals surface area contributed by atoms with E-state index in [-0.39, 0.29) is 0 Å². The molecule has 1 heterocycles. The minimum absolute atomic E-state index is 1.10. The van der Waals surface area contributed by atoms with Gasteiger partial charge in [0.25, 0.3) is 0 Å². The Labute approximate surface area is 90.8 Å². The molecular formula is C13H16N2. The maximum absolute atomic E-state index is 4.12. The predicted octanol–water partition coefficient (Wildman–Crippen LogP) is 2.71. The van der Waals surface area contributed by atoms with Crippen molar-refractivity contribution < 1.29 is 0 Å². The average molecular weight is 200 g/mol. The van der Waals surface area contributed by atoms with E-state index < -0.39 is 0 Å². The first-order valence-corrected chi connectivity index (χ1v) is 5.39. The molecule has 0 amide bonds. The van der Waals surface area contributed by atoms with Gasteiger partial charge < -0.3 is 5.32 Å². The Morgan fingerprint density at radius 2 is 2.27 bits per heavy atom. The molecule has 0 bridgehead atoms. The summed E-state index contributed by atoms with van der Waals surface area (Å²) in [6.07, 6.45) is 9.55. The lowest BCUT2D eigenvalue weighted by molar-refractivity contribution is 0.652. The van der Waals surface area contributed by atoms with Crippen LogP contribution in [0.2, 0.25) is 0 Å². The van der Waals surface area contributed by atoms with E-state index in [4.69, 9.17) is 0 Å². The molecule has 0 radical (unpaired) electrons. The van der Waals surface area contributed by atoms with Crippen LogP contribution in [-0.4, -0.2) is 12.9 Å². The normalized spacial score (nSPS) is 18.9. The number of rotatable bonds is 2. The fourth-order valence-corrected chi connectivity index (χ4v) is 1.83. The van der Waals surface area contributed by atoms with Gasteiger partial charge >= 0.3 is 0 Å². The summed E-state index contributed by atoms with van der Waals surface area (Å²) in [5.74, 6) is 3.10. The summed E-state index contributed by atoms with van der Waals surface area (Å²) in [6.45, 7) is 2.17. The van der Waals surface area contributed by atoms with Gasteiger partial charge in [0.15, 0.2) is 0 Å². The molecule has 1 fully saturated rings. The zero-order valence-electron chi connectivity index (χ0n) is 9.30. The summed E-state index contributed by atoms with van der Waals surface area (Å²) >= 11 is 0. The Hall–Kier alpha value is -1.53. The van der Waals surface area contributed by atoms with E-state index >= 15 is 0 Å². The SMILES string of the molecule is CNC1=CC=CN=C=C1C(C)=C1CCC1. The number of likely N-dealkylation sites (N-methyl/N-ethyl adjacent to an activating group) is 1. The van der Waals surface area contributed by atoms with Crippen LogP contribution < -0.4 is 5.32 Å². The molecule has 2 rings (SSSR count). The Balaban J connectivity index is 2.38. The molecule has 0 aromatic carbocycles. The van der Waals surface area contributed by atoms with E-state index in [1.165, 1.54) is 24.8 Å². The number of nitrogens with one attached hydrogen (secondary N) is 1. The number of nitrogens with zero attached hydrogens (tertiary/aromatic N) is 1. The van der Waals surface area contributed by atoms with Gasteiger partial charge in [0, 0.05) is 13.2 Å². The first kappa shape index (κ1) is 10.0. The maximum Gasteiger partial charge on any atom is 0.0620 e. The topological polar surface area (TPSA) is 24.4 Å². The van der Waals surface area contributed by atoms with Gasteiger partial charge in [-0.25, -0.2) is 4.99 Å². The van der Waals surface area contributed by atoms with Crippen molar-refractivity contribution in [2.75, 3.05) is 7.05 Å². The minimum atomic E-state index is 1.10. The average Bonchev–Trinajstić information content (AvgIpc) is 2.39. The number of allylic oxidation sites excluding steroid dienone is 4. The standard InChI is InChI=1S/C13H16N2/c1-10(11-5-3-6-11)12-9-15-8-4-7-13(12)14-2/h4,7-8,14H,3,5-6H2,1-2H3. The van der Waals surface area contributed by atoms with E-state index in [0.717, 1.165) is 11.3 Å². The van der Waals surface area contributed by atoms with Gasteiger partial charge in [0.05, 0.1) is 11.3 Å². The quantitative estimate of drug-likeness (QED) is 0.728. The van der Waals surface area contributed by atoms with Crippen molar-refractivity contribution in [3.63, 3.8) is 0 Å². The molecule has 15 heavy (non-hydrogen) atoms. The van der Waals surface area contributed by atoms with Gasteiger partial charge in [-0.3, -0.25) is 0 Å². The summed E-state index contributed by atoms with van der Waals surface area (Å²) < 4.78 is 0. The fourth-order valence-electron chi connectivity index (χ4n) is 1.83. The molecule has 0 aromatic rings. The Kier molecular flexibility index (Phi) is 2.89. The highest BCUT2D eigenvalue weighted by atomic mass is 14.8. The van der Waals surface area contributed by atoms with Crippen LogP contribution in [0.1, 0.15) is 26.2 Å². The lowest BCUT2D eigenvalue weighted by Gasteiger charge is -2.21. The van der Waals surface area contributed by atoms with Crippen LogP contribution in [0.3, 0.4) is 0 Å². The van der Waals surface area contributed by atoms with Crippen LogP contribution in [0.15, 0.2) is 45.8 Å². The first-order chi connectivity index (χ1) is 7.33. The van der Waals surface area contributed by atoms with Gasteiger partial charge in [-0.1, -0.05) is 5.57 Å². The van der Waals surface area contributed by atoms with E-state index in [9.17, 15) is 0 Å². The van der Waals surface area contributed by atoms with Gasteiger partial charge in [-0.2, -0.15) is 0 Å². The van der Waals surface area contributed by atoms with Gasteiger partial charge in [-0.15, -0.1) is 0 Å². The molecule has 0 spiro atoms. The van der Waals surface area contributed by atoms with Crippen LogP contribution in [-0.2, 0) is 0 Å². The van der Waals surface area contributed by atoms with Crippen LogP contribution in [0.4, 0.5) is 0 Å². The summed E-state index contributed by atoms with van der Waals surface area (Å²) in [5.41, 5.74) is 5.10. The van der Waals surface area contributed by atoms with Crippen molar-refractivity contribution >= 4 is 5.87 Å². The second-order valence-electron chi connectivity index (χ2n) is 3.87. The van der Waals surface area contributed by atoms with E-state index in [1.807, 2.05) is 19.2 Å². The molecule has 1 aliphatic carbocycles. The zero-order valence-corrected chi connectivity index (χ0v) is 9.30. The van der Waals surface area contributed by atoms with Crippen molar-refractivity contribution in [3.8, 4) is 0 Å². The van der Waals surface area contributed by atoms with E-state index in [2.05, 4.69) is 23.1 Å². The van der Waals surface area contributed by atoms with Crippen LogP contribution in [0, 0.1) is 0 Å².